The third kappa shape index (κ3) is 4.86. The Bertz CT molecular complexity index is 1240. The summed E-state index contributed by atoms with van der Waals surface area (Å²) in [6, 6.07) is 8.59. The fraction of sp³-hybridized carbons (Fsp3) is 0.458. The van der Waals surface area contributed by atoms with E-state index in [1.165, 1.54) is 4.31 Å². The molecule has 9 nitrogen and oxygen atoms in total. The van der Waals surface area contributed by atoms with Gasteiger partial charge in [0.15, 0.2) is 0 Å². The number of carbonyl (C=O) groups is 2. The molecule has 0 saturated carbocycles. The Morgan fingerprint density at radius 1 is 1.24 bits per heavy atom. The van der Waals surface area contributed by atoms with Gasteiger partial charge in [-0.05, 0) is 58.7 Å². The first-order valence-corrected chi connectivity index (χ1v) is 12.8. The van der Waals surface area contributed by atoms with E-state index in [0.29, 0.717) is 42.0 Å². The molecule has 3 rings (SSSR count). The standard InChI is InChI=1S/C24H30N4O5S/c1-5-28-16(3)21(24(30)33-6-2)22(17(28)4)34(31,32)27-12-8-10-19(15-27)23(29)26-20-11-7-9-18(13-20)14-25/h7,9,11,13,19H,5-6,8,10,12,15H2,1-4H3,(H,26,29)/t19-/m1/s1. The number of sulfonamides is 1. The summed E-state index contributed by atoms with van der Waals surface area (Å²) < 4.78 is 35.8. The Labute approximate surface area is 200 Å². The van der Waals surface area contributed by atoms with Crippen LogP contribution in [0.3, 0.4) is 0 Å². The van der Waals surface area contributed by atoms with Gasteiger partial charge in [-0.2, -0.15) is 9.57 Å². The van der Waals surface area contributed by atoms with Gasteiger partial charge in [-0.3, -0.25) is 4.79 Å². The molecule has 0 spiro atoms. The van der Waals surface area contributed by atoms with E-state index in [9.17, 15) is 18.0 Å². The topological polar surface area (TPSA) is 122 Å². The van der Waals surface area contributed by atoms with Gasteiger partial charge < -0.3 is 14.6 Å². The number of rotatable bonds is 7. The van der Waals surface area contributed by atoms with Crippen molar-refractivity contribution >= 4 is 27.6 Å². The average molecular weight is 487 g/mol. The molecule has 182 valence electrons. The van der Waals surface area contributed by atoms with Crippen LogP contribution < -0.4 is 5.32 Å². The number of hydrogen-bond acceptors (Lipinski definition) is 6. The molecule has 1 aromatic heterocycles. The summed E-state index contributed by atoms with van der Waals surface area (Å²) in [6.45, 7) is 7.85. The van der Waals surface area contributed by atoms with Crippen molar-refractivity contribution < 1.29 is 22.7 Å². The lowest BCUT2D eigenvalue weighted by Gasteiger charge is -2.31. The van der Waals surface area contributed by atoms with E-state index in [0.717, 1.165) is 0 Å². The van der Waals surface area contributed by atoms with Crippen molar-refractivity contribution in [2.24, 2.45) is 5.92 Å². The van der Waals surface area contributed by atoms with Gasteiger partial charge in [-0.15, -0.1) is 0 Å². The van der Waals surface area contributed by atoms with Crippen LogP contribution in [0.25, 0.3) is 0 Å². The fourth-order valence-electron chi connectivity index (χ4n) is 4.50. The predicted octanol–water partition coefficient (Wildman–Crippen LogP) is 3.21. The number of nitrogens with zero attached hydrogens (tertiary/aromatic N) is 3. The average Bonchev–Trinajstić information content (AvgIpc) is 3.09. The molecule has 10 heteroatoms. The molecule has 0 radical (unpaired) electrons. The van der Waals surface area contributed by atoms with Crippen molar-refractivity contribution in [1.29, 1.82) is 5.26 Å². The molecule has 34 heavy (non-hydrogen) atoms. The summed E-state index contributed by atoms with van der Waals surface area (Å²) in [6.07, 6.45) is 1.05. The highest BCUT2D eigenvalue weighted by molar-refractivity contribution is 7.89. The molecule has 2 heterocycles. The first-order valence-electron chi connectivity index (χ1n) is 11.3. The van der Waals surface area contributed by atoms with Crippen molar-refractivity contribution in [2.45, 2.75) is 52.0 Å². The summed E-state index contributed by atoms with van der Waals surface area (Å²) in [7, 11) is -4.06. The number of esters is 1. The van der Waals surface area contributed by atoms with Gasteiger partial charge in [0.2, 0.25) is 15.9 Å². The molecule has 1 aliphatic rings. The highest BCUT2D eigenvalue weighted by atomic mass is 32.2. The molecule has 1 amide bonds. The van der Waals surface area contributed by atoms with Crippen LogP contribution >= 0.6 is 0 Å². The number of piperidine rings is 1. The summed E-state index contributed by atoms with van der Waals surface area (Å²) in [5.74, 6) is -1.54. The van der Waals surface area contributed by atoms with Crippen LogP contribution in [0.2, 0.25) is 0 Å². The minimum Gasteiger partial charge on any atom is -0.462 e. The molecule has 1 fully saturated rings. The van der Waals surface area contributed by atoms with Crippen molar-refractivity contribution in [2.75, 3.05) is 25.0 Å². The first-order chi connectivity index (χ1) is 16.1. The molecular weight excluding hydrogens is 456 g/mol. The Balaban J connectivity index is 1.90. The lowest BCUT2D eigenvalue weighted by Crippen LogP contribution is -2.44. The molecule has 1 aromatic carbocycles. The van der Waals surface area contributed by atoms with Gasteiger partial charge in [-0.25, -0.2) is 13.2 Å². The number of carbonyl (C=O) groups excluding carboxylic acids is 2. The third-order valence-corrected chi connectivity index (χ3v) is 8.16. The van der Waals surface area contributed by atoms with Gasteiger partial charge in [0.25, 0.3) is 0 Å². The van der Waals surface area contributed by atoms with Crippen LogP contribution in [0, 0.1) is 31.1 Å². The molecule has 1 N–H and O–H groups in total. The molecule has 1 atom stereocenters. The second-order valence-corrected chi connectivity index (χ2v) is 10.1. The zero-order valence-electron chi connectivity index (χ0n) is 19.9. The summed E-state index contributed by atoms with van der Waals surface area (Å²) in [5, 5.41) is 11.9. The number of benzene rings is 1. The summed E-state index contributed by atoms with van der Waals surface area (Å²) in [4.78, 5) is 25.6. The molecule has 0 unspecified atom stereocenters. The van der Waals surface area contributed by atoms with Gasteiger partial charge in [0.05, 0.1) is 24.2 Å². The van der Waals surface area contributed by atoms with Crippen molar-refractivity contribution in [3.05, 3.63) is 46.8 Å². The third-order valence-electron chi connectivity index (χ3n) is 6.14. The Kier molecular flexibility index (Phi) is 7.79. The summed E-state index contributed by atoms with van der Waals surface area (Å²) >= 11 is 0. The van der Waals surface area contributed by atoms with E-state index in [1.54, 1.807) is 49.6 Å². The van der Waals surface area contributed by atoms with Crippen LogP contribution in [0.1, 0.15) is 54.0 Å². The molecular formula is C24H30N4O5S. The van der Waals surface area contributed by atoms with Crippen molar-refractivity contribution in [3.63, 3.8) is 0 Å². The zero-order chi connectivity index (χ0) is 25.0. The van der Waals surface area contributed by atoms with Crippen LogP contribution in [-0.2, 0) is 26.1 Å². The summed E-state index contributed by atoms with van der Waals surface area (Å²) in [5.41, 5.74) is 1.98. The van der Waals surface area contributed by atoms with E-state index in [2.05, 4.69) is 5.32 Å². The van der Waals surface area contributed by atoms with Crippen molar-refractivity contribution in [1.82, 2.24) is 8.87 Å². The number of nitriles is 1. The van der Waals surface area contributed by atoms with Gasteiger partial charge in [0, 0.05) is 36.7 Å². The second kappa shape index (κ2) is 10.4. The van der Waals surface area contributed by atoms with Gasteiger partial charge >= 0.3 is 5.97 Å². The van der Waals surface area contributed by atoms with E-state index in [-0.39, 0.29) is 36.1 Å². The number of hydrogen-bond donors (Lipinski definition) is 1. The van der Waals surface area contributed by atoms with Crippen molar-refractivity contribution in [3.8, 4) is 6.07 Å². The van der Waals surface area contributed by atoms with Gasteiger partial charge in [-0.1, -0.05) is 6.07 Å². The zero-order valence-corrected chi connectivity index (χ0v) is 20.7. The van der Waals surface area contributed by atoms with Crippen LogP contribution in [-0.4, -0.2) is 48.9 Å². The normalized spacial score (nSPS) is 16.6. The number of nitrogens with one attached hydrogen (secondary N) is 1. The van der Waals surface area contributed by atoms with E-state index < -0.39 is 21.9 Å². The molecule has 1 aliphatic heterocycles. The molecule has 0 aliphatic carbocycles. The minimum atomic E-state index is -4.06. The van der Waals surface area contributed by atoms with E-state index in [4.69, 9.17) is 10.00 Å². The van der Waals surface area contributed by atoms with E-state index >= 15 is 0 Å². The maximum atomic E-state index is 13.8. The first kappa shape index (κ1) is 25.5. The lowest BCUT2D eigenvalue weighted by molar-refractivity contribution is -0.120. The van der Waals surface area contributed by atoms with Crippen LogP contribution in [0.15, 0.2) is 29.2 Å². The Hall–Kier alpha value is -3.16. The molecule has 2 aromatic rings. The largest absolute Gasteiger partial charge is 0.462 e. The van der Waals surface area contributed by atoms with Crippen LogP contribution in [0.5, 0.6) is 0 Å². The Morgan fingerprint density at radius 2 is 1.97 bits per heavy atom. The van der Waals surface area contributed by atoms with E-state index in [1.807, 2.05) is 13.0 Å². The van der Waals surface area contributed by atoms with Crippen LogP contribution in [0.4, 0.5) is 5.69 Å². The fourth-order valence-corrected chi connectivity index (χ4v) is 6.48. The number of amides is 1. The SMILES string of the molecule is CCOC(=O)c1c(S(=O)(=O)N2CCC[C@@H](C(=O)Nc3cccc(C#N)c3)C2)c(C)n(CC)c1C. The Morgan fingerprint density at radius 3 is 2.62 bits per heavy atom. The quantitative estimate of drug-likeness (QED) is 0.600. The highest BCUT2D eigenvalue weighted by Crippen LogP contribution is 2.33. The number of aromatic nitrogens is 1. The maximum Gasteiger partial charge on any atom is 0.341 e. The lowest BCUT2D eigenvalue weighted by atomic mass is 9.98. The van der Waals surface area contributed by atoms with Gasteiger partial charge in [0.1, 0.15) is 10.5 Å². The molecule has 0 bridgehead atoms. The minimum absolute atomic E-state index is 0.00413. The monoisotopic (exact) mass is 486 g/mol. The number of anilines is 1. The predicted molar refractivity (Wildman–Crippen MR) is 127 cm³/mol. The highest BCUT2D eigenvalue weighted by Gasteiger charge is 2.39. The second-order valence-electron chi connectivity index (χ2n) is 8.22. The molecule has 1 saturated heterocycles. The number of ether oxygens (including phenoxy) is 1. The smallest absolute Gasteiger partial charge is 0.341 e. The maximum absolute atomic E-state index is 13.8.